The number of ether oxygens (including phenoxy) is 1. The van der Waals surface area contributed by atoms with Gasteiger partial charge in [0.05, 0.1) is 24.5 Å². The monoisotopic (exact) mass is 430 g/mol. The minimum Gasteiger partial charge on any atom is -0.497 e. The Bertz CT molecular complexity index is 1170. The van der Waals surface area contributed by atoms with Crippen LogP contribution in [-0.4, -0.2) is 12.9 Å². The second-order valence-electron chi connectivity index (χ2n) is 8.00. The van der Waals surface area contributed by atoms with E-state index < -0.39 is 0 Å². The lowest BCUT2D eigenvalue weighted by molar-refractivity contribution is -0.116. The maximum absolute atomic E-state index is 13.5. The molecule has 5 heteroatoms. The van der Waals surface area contributed by atoms with Gasteiger partial charge < -0.3 is 15.4 Å². The Morgan fingerprint density at radius 2 is 1.68 bits per heavy atom. The number of Topliss-reactive ketones (excluding diaryl/α,β-unsaturated/α-hetero) is 1. The molecule has 0 unspecified atom stereocenters. The first-order chi connectivity index (χ1) is 15.1. The zero-order valence-electron chi connectivity index (χ0n) is 17.2. The molecule has 2 atom stereocenters. The molecule has 0 saturated carbocycles. The number of nitrogens with one attached hydrogen (secondary N) is 2. The van der Waals surface area contributed by atoms with Crippen molar-refractivity contribution >= 4 is 28.8 Å². The number of carbonyl (C=O) groups excluding carboxylic acids is 1. The van der Waals surface area contributed by atoms with Crippen LogP contribution in [0.2, 0.25) is 5.02 Å². The van der Waals surface area contributed by atoms with Gasteiger partial charge in [0.25, 0.3) is 0 Å². The Kier molecular flexibility index (Phi) is 5.16. The number of hydrogen-bond acceptors (Lipinski definition) is 4. The van der Waals surface area contributed by atoms with E-state index in [9.17, 15) is 4.79 Å². The molecule has 1 aliphatic carbocycles. The summed E-state index contributed by atoms with van der Waals surface area (Å²) in [5.41, 5.74) is 5.87. The van der Waals surface area contributed by atoms with Crippen molar-refractivity contribution in [3.05, 3.63) is 100 Å². The highest BCUT2D eigenvalue weighted by atomic mass is 35.5. The lowest BCUT2D eigenvalue weighted by Crippen LogP contribution is -2.26. The van der Waals surface area contributed by atoms with Crippen molar-refractivity contribution in [2.75, 3.05) is 17.7 Å². The van der Waals surface area contributed by atoms with E-state index in [0.29, 0.717) is 11.4 Å². The SMILES string of the molecule is COc1cccc([C@@H]2CC(=O)C3=C(C2)Nc2ccccc2N[C@@H]3c2ccc(Cl)cc2)c1. The van der Waals surface area contributed by atoms with Gasteiger partial charge in [0, 0.05) is 22.7 Å². The van der Waals surface area contributed by atoms with E-state index in [1.54, 1.807) is 7.11 Å². The van der Waals surface area contributed by atoms with Crippen molar-refractivity contribution in [3.63, 3.8) is 0 Å². The quantitative estimate of drug-likeness (QED) is 0.509. The van der Waals surface area contributed by atoms with Crippen molar-refractivity contribution in [3.8, 4) is 5.75 Å². The average Bonchev–Trinajstić information content (AvgIpc) is 2.96. The van der Waals surface area contributed by atoms with Crippen LogP contribution in [0.15, 0.2) is 84.1 Å². The fraction of sp³-hybridized carbons (Fsp3) is 0.192. The zero-order chi connectivity index (χ0) is 21.4. The van der Waals surface area contributed by atoms with Gasteiger partial charge in [-0.2, -0.15) is 0 Å². The molecule has 0 amide bonds. The van der Waals surface area contributed by atoms with Crippen LogP contribution in [0.1, 0.15) is 35.9 Å². The lowest BCUT2D eigenvalue weighted by atomic mass is 9.78. The first kappa shape index (κ1) is 19.7. The van der Waals surface area contributed by atoms with Gasteiger partial charge in [-0.1, -0.05) is 48.0 Å². The van der Waals surface area contributed by atoms with Gasteiger partial charge in [-0.3, -0.25) is 4.79 Å². The molecular weight excluding hydrogens is 408 g/mol. The van der Waals surface area contributed by atoms with Crippen LogP contribution < -0.4 is 15.4 Å². The van der Waals surface area contributed by atoms with Crippen LogP contribution >= 0.6 is 11.6 Å². The predicted octanol–water partition coefficient (Wildman–Crippen LogP) is 6.33. The van der Waals surface area contributed by atoms with E-state index in [1.807, 2.05) is 66.7 Å². The number of benzene rings is 3. The first-order valence-electron chi connectivity index (χ1n) is 10.4. The molecule has 1 heterocycles. The molecular formula is C26H23ClN2O2. The Hall–Kier alpha value is -3.24. The third-order valence-electron chi connectivity index (χ3n) is 6.08. The molecule has 0 radical (unpaired) electrons. The average molecular weight is 431 g/mol. The van der Waals surface area contributed by atoms with Crippen LogP contribution in [0.4, 0.5) is 11.4 Å². The highest BCUT2D eigenvalue weighted by Gasteiger charge is 2.36. The van der Waals surface area contributed by atoms with Crippen molar-refractivity contribution in [1.29, 1.82) is 0 Å². The largest absolute Gasteiger partial charge is 0.497 e. The molecule has 156 valence electrons. The topological polar surface area (TPSA) is 50.4 Å². The fourth-order valence-corrected chi connectivity index (χ4v) is 4.65. The Balaban J connectivity index is 1.59. The van der Waals surface area contributed by atoms with Crippen LogP contribution in [-0.2, 0) is 4.79 Å². The molecule has 0 spiro atoms. The molecule has 5 rings (SSSR count). The third kappa shape index (κ3) is 3.79. The fourth-order valence-electron chi connectivity index (χ4n) is 4.53. The van der Waals surface area contributed by atoms with Crippen molar-refractivity contribution < 1.29 is 9.53 Å². The molecule has 0 fully saturated rings. The van der Waals surface area contributed by atoms with Gasteiger partial charge >= 0.3 is 0 Å². The third-order valence-corrected chi connectivity index (χ3v) is 6.33. The minimum absolute atomic E-state index is 0.102. The van der Waals surface area contributed by atoms with E-state index in [4.69, 9.17) is 16.3 Å². The van der Waals surface area contributed by atoms with Crippen molar-refractivity contribution in [2.24, 2.45) is 0 Å². The Labute approximate surface area is 186 Å². The normalized spacial score (nSPS) is 20.1. The number of ketones is 1. The summed E-state index contributed by atoms with van der Waals surface area (Å²) in [5, 5.41) is 7.84. The summed E-state index contributed by atoms with van der Waals surface area (Å²) in [6.07, 6.45) is 1.23. The zero-order valence-corrected chi connectivity index (χ0v) is 17.9. The number of hydrogen-bond donors (Lipinski definition) is 2. The van der Waals surface area contributed by atoms with E-state index in [1.165, 1.54) is 0 Å². The van der Waals surface area contributed by atoms with Gasteiger partial charge in [-0.05, 0) is 59.9 Å². The summed E-state index contributed by atoms with van der Waals surface area (Å²) in [6.45, 7) is 0. The summed E-state index contributed by atoms with van der Waals surface area (Å²) in [6, 6.07) is 23.6. The molecule has 0 aromatic heterocycles. The standard InChI is InChI=1S/C26H23ClN2O2/c1-31-20-6-4-5-17(13-20)18-14-23-25(24(30)15-18)26(16-9-11-19(27)12-10-16)29-22-8-3-2-7-21(22)28-23/h2-13,18,26,28-29H,14-15H2,1H3/t18-,26+/m0/s1. The van der Waals surface area contributed by atoms with Crippen LogP contribution in [0, 0.1) is 0 Å². The maximum atomic E-state index is 13.5. The van der Waals surface area contributed by atoms with Gasteiger partial charge in [0.1, 0.15) is 5.75 Å². The Morgan fingerprint density at radius 1 is 0.903 bits per heavy atom. The van der Waals surface area contributed by atoms with Crippen LogP contribution in [0.3, 0.4) is 0 Å². The molecule has 0 saturated heterocycles. The summed E-state index contributed by atoms with van der Waals surface area (Å²) < 4.78 is 5.40. The van der Waals surface area contributed by atoms with Crippen molar-refractivity contribution in [2.45, 2.75) is 24.8 Å². The number of para-hydroxylation sites is 2. The summed E-state index contributed by atoms with van der Waals surface area (Å²) in [4.78, 5) is 13.5. The van der Waals surface area contributed by atoms with Gasteiger partial charge in [0.15, 0.2) is 5.78 Å². The molecule has 31 heavy (non-hydrogen) atoms. The lowest BCUT2D eigenvalue weighted by Gasteiger charge is -2.30. The minimum atomic E-state index is -0.234. The molecule has 1 aliphatic heterocycles. The van der Waals surface area contributed by atoms with E-state index in [-0.39, 0.29) is 17.7 Å². The number of halogens is 1. The van der Waals surface area contributed by atoms with Gasteiger partial charge in [-0.25, -0.2) is 0 Å². The number of methoxy groups -OCH3 is 1. The van der Waals surface area contributed by atoms with Crippen LogP contribution in [0.25, 0.3) is 0 Å². The molecule has 0 bridgehead atoms. The predicted molar refractivity (Wildman–Crippen MR) is 125 cm³/mol. The second-order valence-corrected chi connectivity index (χ2v) is 8.43. The first-order valence-corrected chi connectivity index (χ1v) is 10.8. The molecule has 4 nitrogen and oxygen atoms in total. The van der Waals surface area contributed by atoms with E-state index in [2.05, 4.69) is 16.7 Å². The van der Waals surface area contributed by atoms with Gasteiger partial charge in [-0.15, -0.1) is 0 Å². The highest BCUT2D eigenvalue weighted by molar-refractivity contribution is 6.30. The molecule has 3 aromatic rings. The summed E-state index contributed by atoms with van der Waals surface area (Å²) in [7, 11) is 1.66. The molecule has 3 aromatic carbocycles. The number of anilines is 2. The highest BCUT2D eigenvalue weighted by Crippen LogP contribution is 2.44. The van der Waals surface area contributed by atoms with Crippen LogP contribution in [0.5, 0.6) is 5.75 Å². The summed E-state index contributed by atoms with van der Waals surface area (Å²) in [5.74, 6) is 1.07. The van der Waals surface area contributed by atoms with E-state index in [0.717, 1.165) is 45.9 Å². The second kappa shape index (κ2) is 8.12. The number of allylic oxidation sites excluding steroid dienone is 1. The maximum Gasteiger partial charge on any atom is 0.163 e. The van der Waals surface area contributed by atoms with Gasteiger partial charge in [0.2, 0.25) is 0 Å². The smallest absolute Gasteiger partial charge is 0.163 e. The molecule has 2 N–H and O–H groups in total. The number of rotatable bonds is 3. The Morgan fingerprint density at radius 3 is 2.45 bits per heavy atom. The van der Waals surface area contributed by atoms with Crippen molar-refractivity contribution in [1.82, 2.24) is 0 Å². The number of fused-ring (bicyclic) bond motifs is 1. The number of carbonyl (C=O) groups is 1. The summed E-state index contributed by atoms with van der Waals surface area (Å²) >= 11 is 6.12. The van der Waals surface area contributed by atoms with E-state index >= 15 is 0 Å². The molecule has 2 aliphatic rings.